The highest BCUT2D eigenvalue weighted by Gasteiger charge is 2.33. The first-order valence-electron chi connectivity index (χ1n) is 8.66. The molecule has 1 fully saturated rings. The SMILES string of the molecule is CCOc1ccc(N2C(=O)/C(=C\c3cccc4ccccc34)SC2=S)cc1. The van der Waals surface area contributed by atoms with Crippen LogP contribution >= 0.6 is 24.0 Å². The summed E-state index contributed by atoms with van der Waals surface area (Å²) in [4.78, 5) is 15.2. The second kappa shape index (κ2) is 7.55. The molecule has 1 aliphatic heterocycles. The maximum atomic E-state index is 13.0. The summed E-state index contributed by atoms with van der Waals surface area (Å²) in [6.07, 6.45) is 1.93. The van der Waals surface area contributed by atoms with Gasteiger partial charge in [-0.3, -0.25) is 9.69 Å². The van der Waals surface area contributed by atoms with E-state index in [4.69, 9.17) is 17.0 Å². The van der Waals surface area contributed by atoms with Crippen LogP contribution in [0.4, 0.5) is 5.69 Å². The largest absolute Gasteiger partial charge is 0.494 e. The summed E-state index contributed by atoms with van der Waals surface area (Å²) in [5.41, 5.74) is 1.77. The van der Waals surface area contributed by atoms with Gasteiger partial charge >= 0.3 is 0 Å². The van der Waals surface area contributed by atoms with E-state index >= 15 is 0 Å². The van der Waals surface area contributed by atoms with Crippen molar-refractivity contribution in [3.63, 3.8) is 0 Å². The average molecular weight is 392 g/mol. The zero-order chi connectivity index (χ0) is 18.8. The fourth-order valence-corrected chi connectivity index (χ4v) is 4.36. The van der Waals surface area contributed by atoms with Crippen molar-refractivity contribution in [2.75, 3.05) is 11.5 Å². The quantitative estimate of drug-likeness (QED) is 0.425. The fourth-order valence-electron chi connectivity index (χ4n) is 3.07. The van der Waals surface area contributed by atoms with Crippen molar-refractivity contribution in [2.45, 2.75) is 6.92 Å². The first-order chi connectivity index (χ1) is 13.2. The number of carbonyl (C=O) groups is 1. The smallest absolute Gasteiger partial charge is 0.270 e. The van der Waals surface area contributed by atoms with Gasteiger partial charge in [0.2, 0.25) is 0 Å². The van der Waals surface area contributed by atoms with Crippen LogP contribution in [-0.2, 0) is 4.79 Å². The van der Waals surface area contributed by atoms with E-state index in [2.05, 4.69) is 18.2 Å². The van der Waals surface area contributed by atoms with Crippen LogP contribution < -0.4 is 9.64 Å². The van der Waals surface area contributed by atoms with Crippen LogP contribution in [0.25, 0.3) is 16.8 Å². The van der Waals surface area contributed by atoms with Gasteiger partial charge < -0.3 is 4.74 Å². The van der Waals surface area contributed by atoms with Crippen LogP contribution in [0.15, 0.2) is 71.6 Å². The van der Waals surface area contributed by atoms with E-state index in [1.54, 1.807) is 4.90 Å². The summed E-state index contributed by atoms with van der Waals surface area (Å²) in [6, 6.07) is 21.7. The second-order valence-corrected chi connectivity index (χ2v) is 7.69. The molecule has 3 aromatic rings. The molecular formula is C22H17NO2S2. The molecule has 134 valence electrons. The van der Waals surface area contributed by atoms with Crippen LogP contribution in [-0.4, -0.2) is 16.8 Å². The minimum Gasteiger partial charge on any atom is -0.494 e. The molecule has 3 nitrogen and oxygen atoms in total. The molecule has 5 heteroatoms. The number of ether oxygens (including phenoxy) is 1. The van der Waals surface area contributed by atoms with E-state index in [1.807, 2.05) is 61.5 Å². The zero-order valence-electron chi connectivity index (χ0n) is 14.7. The topological polar surface area (TPSA) is 29.5 Å². The Bertz CT molecular complexity index is 1050. The molecule has 0 saturated carbocycles. The lowest BCUT2D eigenvalue weighted by Gasteiger charge is -2.15. The molecule has 1 aliphatic rings. The highest BCUT2D eigenvalue weighted by Crippen LogP contribution is 2.37. The lowest BCUT2D eigenvalue weighted by atomic mass is 10.0. The third-order valence-corrected chi connectivity index (χ3v) is 5.61. The van der Waals surface area contributed by atoms with Crippen molar-refractivity contribution < 1.29 is 9.53 Å². The van der Waals surface area contributed by atoms with E-state index < -0.39 is 0 Å². The van der Waals surface area contributed by atoms with Gasteiger partial charge in [0, 0.05) is 0 Å². The maximum Gasteiger partial charge on any atom is 0.270 e. The van der Waals surface area contributed by atoms with Gasteiger partial charge in [-0.2, -0.15) is 0 Å². The first-order valence-corrected chi connectivity index (χ1v) is 9.88. The van der Waals surface area contributed by atoms with E-state index in [1.165, 1.54) is 11.8 Å². The Balaban J connectivity index is 1.67. The van der Waals surface area contributed by atoms with Crippen LogP contribution in [0, 0.1) is 0 Å². The van der Waals surface area contributed by atoms with Gasteiger partial charge in [0.15, 0.2) is 4.32 Å². The molecule has 1 saturated heterocycles. The lowest BCUT2D eigenvalue weighted by Crippen LogP contribution is -2.27. The Labute approximate surface area is 167 Å². The standard InChI is InChI=1S/C22H17NO2S2/c1-2-25-18-12-10-17(11-13-18)23-21(24)20(27-22(23)26)14-16-8-5-7-15-6-3-4-9-19(15)16/h3-14H,2H2,1H3/b20-14+. The molecule has 0 bridgehead atoms. The fraction of sp³-hybridized carbons (Fsp3) is 0.0909. The molecule has 4 rings (SSSR count). The average Bonchev–Trinajstić information content (AvgIpc) is 2.96. The van der Waals surface area contributed by atoms with Crippen LogP contribution in [0.3, 0.4) is 0 Å². The van der Waals surface area contributed by atoms with Crippen LogP contribution in [0.1, 0.15) is 12.5 Å². The number of amides is 1. The zero-order valence-corrected chi connectivity index (χ0v) is 16.3. The third kappa shape index (κ3) is 3.48. The lowest BCUT2D eigenvalue weighted by molar-refractivity contribution is -0.113. The van der Waals surface area contributed by atoms with Gasteiger partial charge in [-0.1, -0.05) is 66.4 Å². The molecule has 0 aliphatic carbocycles. The molecule has 0 aromatic heterocycles. The normalized spacial score (nSPS) is 15.7. The molecule has 0 unspecified atom stereocenters. The Hall–Kier alpha value is -2.63. The molecule has 0 atom stereocenters. The summed E-state index contributed by atoms with van der Waals surface area (Å²) in [6.45, 7) is 2.54. The van der Waals surface area contributed by atoms with E-state index in [-0.39, 0.29) is 5.91 Å². The van der Waals surface area contributed by atoms with E-state index in [0.717, 1.165) is 27.8 Å². The molecule has 27 heavy (non-hydrogen) atoms. The van der Waals surface area contributed by atoms with Crippen LogP contribution in [0.5, 0.6) is 5.75 Å². The molecule has 3 aromatic carbocycles. The monoisotopic (exact) mass is 391 g/mol. The van der Waals surface area contributed by atoms with Gasteiger partial charge in [0.05, 0.1) is 17.2 Å². The summed E-state index contributed by atoms with van der Waals surface area (Å²) in [5, 5.41) is 2.26. The van der Waals surface area contributed by atoms with E-state index in [9.17, 15) is 4.79 Å². The van der Waals surface area contributed by atoms with Gasteiger partial charge in [-0.15, -0.1) is 0 Å². The highest BCUT2D eigenvalue weighted by atomic mass is 32.2. The number of hydrogen-bond donors (Lipinski definition) is 0. The van der Waals surface area contributed by atoms with Crippen molar-refractivity contribution in [1.82, 2.24) is 0 Å². The molecule has 0 spiro atoms. The van der Waals surface area contributed by atoms with Crippen molar-refractivity contribution in [3.05, 3.63) is 77.2 Å². The highest BCUT2D eigenvalue weighted by molar-refractivity contribution is 8.27. The molecule has 0 N–H and O–H groups in total. The van der Waals surface area contributed by atoms with Gasteiger partial charge in [0.25, 0.3) is 5.91 Å². The number of hydrogen-bond acceptors (Lipinski definition) is 4. The number of rotatable bonds is 4. The number of thiocarbonyl (C=S) groups is 1. The Morgan fingerprint density at radius 1 is 1.04 bits per heavy atom. The number of thioether (sulfide) groups is 1. The van der Waals surface area contributed by atoms with Crippen molar-refractivity contribution in [3.8, 4) is 5.75 Å². The molecule has 1 heterocycles. The number of carbonyl (C=O) groups excluding carboxylic acids is 1. The predicted molar refractivity (Wildman–Crippen MR) is 117 cm³/mol. The van der Waals surface area contributed by atoms with Gasteiger partial charge in [-0.25, -0.2) is 0 Å². The second-order valence-electron chi connectivity index (χ2n) is 6.01. The Morgan fingerprint density at radius 3 is 2.56 bits per heavy atom. The van der Waals surface area contributed by atoms with E-state index in [0.29, 0.717) is 15.8 Å². The summed E-state index contributed by atoms with van der Waals surface area (Å²) in [7, 11) is 0. The van der Waals surface area contributed by atoms with Crippen molar-refractivity contribution in [2.24, 2.45) is 0 Å². The number of benzene rings is 3. The van der Waals surface area contributed by atoms with Crippen LogP contribution in [0.2, 0.25) is 0 Å². The number of fused-ring (bicyclic) bond motifs is 1. The Kier molecular flexibility index (Phi) is 4.97. The summed E-state index contributed by atoms with van der Waals surface area (Å²) in [5.74, 6) is 0.681. The van der Waals surface area contributed by atoms with Gasteiger partial charge in [-0.05, 0) is 53.6 Å². The first kappa shape index (κ1) is 17.8. The number of nitrogens with zero attached hydrogens (tertiary/aromatic N) is 1. The predicted octanol–water partition coefficient (Wildman–Crippen LogP) is 5.64. The maximum absolute atomic E-state index is 13.0. The summed E-state index contributed by atoms with van der Waals surface area (Å²) < 4.78 is 6.00. The summed E-state index contributed by atoms with van der Waals surface area (Å²) >= 11 is 6.80. The van der Waals surface area contributed by atoms with Crippen molar-refractivity contribution in [1.29, 1.82) is 0 Å². The molecule has 0 radical (unpaired) electrons. The number of anilines is 1. The minimum absolute atomic E-state index is 0.0953. The Morgan fingerprint density at radius 2 is 1.78 bits per heavy atom. The molecule has 1 amide bonds. The van der Waals surface area contributed by atoms with Crippen molar-refractivity contribution >= 4 is 56.7 Å². The third-order valence-electron chi connectivity index (χ3n) is 4.31. The molecular weight excluding hydrogens is 374 g/mol. The minimum atomic E-state index is -0.0953. The van der Waals surface area contributed by atoms with Gasteiger partial charge in [0.1, 0.15) is 5.75 Å².